The number of carbonyl (C=O) groups excluding carboxylic acids is 1. The van der Waals surface area contributed by atoms with Gasteiger partial charge < -0.3 is 5.32 Å². The molecule has 0 atom stereocenters. The van der Waals surface area contributed by atoms with Crippen molar-refractivity contribution in [2.45, 2.75) is 12.7 Å². The van der Waals surface area contributed by atoms with Crippen LogP contribution in [0.3, 0.4) is 0 Å². The maximum Gasteiger partial charge on any atom is 0.435 e. The van der Waals surface area contributed by atoms with Crippen LogP contribution in [0.4, 0.5) is 18.9 Å². The summed E-state index contributed by atoms with van der Waals surface area (Å²) in [5, 5.41) is 8.68. The number of halogens is 3. The Morgan fingerprint density at radius 1 is 1.21 bits per heavy atom. The molecule has 0 aliphatic rings. The second-order valence-corrected chi connectivity index (χ2v) is 5.75. The van der Waals surface area contributed by atoms with Crippen LogP contribution in [0.15, 0.2) is 48.1 Å². The van der Waals surface area contributed by atoms with E-state index in [1.165, 1.54) is 11.3 Å². The highest BCUT2D eigenvalue weighted by Gasteiger charge is 2.33. The van der Waals surface area contributed by atoms with Gasteiger partial charge in [0.25, 0.3) is 0 Å². The molecule has 9 heteroatoms. The number of anilines is 1. The van der Waals surface area contributed by atoms with Crippen LogP contribution >= 0.6 is 11.3 Å². The van der Waals surface area contributed by atoms with Crippen LogP contribution in [-0.2, 0) is 17.5 Å². The molecule has 0 radical (unpaired) electrons. The molecule has 0 aliphatic carbocycles. The molecule has 3 aromatic rings. The number of rotatable bonds is 4. The number of nitrogens with zero attached hydrogens (tertiary/aromatic N) is 3. The molecule has 0 aliphatic heterocycles. The first-order chi connectivity index (χ1) is 11.4. The van der Waals surface area contributed by atoms with Crippen molar-refractivity contribution in [1.82, 2.24) is 14.8 Å². The lowest BCUT2D eigenvalue weighted by molar-refractivity contribution is -0.141. The van der Waals surface area contributed by atoms with Gasteiger partial charge in [0.2, 0.25) is 5.91 Å². The fourth-order valence-corrected chi connectivity index (χ4v) is 2.66. The van der Waals surface area contributed by atoms with Crippen LogP contribution in [0.5, 0.6) is 0 Å². The van der Waals surface area contributed by atoms with E-state index in [0.29, 0.717) is 5.69 Å². The van der Waals surface area contributed by atoms with Crippen LogP contribution < -0.4 is 5.32 Å². The molecule has 0 fully saturated rings. The topological polar surface area (TPSA) is 59.8 Å². The van der Waals surface area contributed by atoms with E-state index in [9.17, 15) is 18.0 Å². The molecule has 1 amide bonds. The van der Waals surface area contributed by atoms with Crippen molar-refractivity contribution in [2.24, 2.45) is 0 Å². The molecule has 0 unspecified atom stereocenters. The molecule has 5 nitrogen and oxygen atoms in total. The van der Waals surface area contributed by atoms with Gasteiger partial charge in [-0.15, -0.1) is 11.3 Å². The van der Waals surface area contributed by atoms with Gasteiger partial charge in [-0.05, 0) is 30.3 Å². The molecular weight excluding hydrogens is 341 g/mol. The number of hydrogen-bond acceptors (Lipinski definition) is 4. The first-order valence-corrected chi connectivity index (χ1v) is 7.70. The fraction of sp³-hybridized carbons (Fsp3) is 0.133. The zero-order valence-electron chi connectivity index (χ0n) is 12.1. The molecule has 0 saturated heterocycles. The highest BCUT2D eigenvalue weighted by Crippen LogP contribution is 2.27. The highest BCUT2D eigenvalue weighted by molar-refractivity contribution is 7.13. The SMILES string of the molecule is O=C(Cn1ccc(C(F)(F)F)n1)Nc1ccc(-c2nccs2)cc1. The Hall–Kier alpha value is -2.68. The van der Waals surface area contributed by atoms with Gasteiger partial charge in [-0.3, -0.25) is 9.48 Å². The van der Waals surface area contributed by atoms with Gasteiger partial charge >= 0.3 is 6.18 Å². The second kappa shape index (κ2) is 6.44. The van der Waals surface area contributed by atoms with E-state index in [4.69, 9.17) is 0 Å². The molecule has 0 spiro atoms. The van der Waals surface area contributed by atoms with Crippen molar-refractivity contribution < 1.29 is 18.0 Å². The number of alkyl halides is 3. The molecule has 24 heavy (non-hydrogen) atoms. The molecule has 2 heterocycles. The molecule has 0 saturated carbocycles. The number of benzene rings is 1. The Morgan fingerprint density at radius 3 is 2.54 bits per heavy atom. The van der Waals surface area contributed by atoms with E-state index in [-0.39, 0.29) is 6.54 Å². The summed E-state index contributed by atoms with van der Waals surface area (Å²) in [6, 6.07) is 7.86. The molecule has 1 aromatic carbocycles. The average molecular weight is 352 g/mol. The number of amides is 1. The Balaban J connectivity index is 1.61. The molecule has 3 rings (SSSR count). The van der Waals surface area contributed by atoms with E-state index >= 15 is 0 Å². The second-order valence-electron chi connectivity index (χ2n) is 4.86. The summed E-state index contributed by atoms with van der Waals surface area (Å²) in [5.74, 6) is -0.464. The van der Waals surface area contributed by atoms with Gasteiger partial charge in [0.15, 0.2) is 5.69 Å². The third kappa shape index (κ3) is 3.80. The normalized spacial score (nSPS) is 11.5. The Bertz CT molecular complexity index is 825. The van der Waals surface area contributed by atoms with Gasteiger partial charge in [-0.25, -0.2) is 4.98 Å². The summed E-state index contributed by atoms with van der Waals surface area (Å²) in [7, 11) is 0. The summed E-state index contributed by atoms with van der Waals surface area (Å²) >= 11 is 1.50. The minimum atomic E-state index is -4.52. The number of carbonyl (C=O) groups is 1. The van der Waals surface area contributed by atoms with Crippen LogP contribution in [0, 0.1) is 0 Å². The summed E-state index contributed by atoms with van der Waals surface area (Å²) in [6.45, 7) is -0.301. The number of nitrogens with one attached hydrogen (secondary N) is 1. The standard InChI is InChI=1S/C15H11F3N4OS/c16-15(17,18)12-5-7-22(21-12)9-13(23)20-11-3-1-10(2-4-11)14-19-6-8-24-14/h1-8H,9H2,(H,20,23). The third-order valence-corrected chi connectivity index (χ3v) is 3.91. The minimum Gasteiger partial charge on any atom is -0.324 e. The van der Waals surface area contributed by atoms with E-state index in [2.05, 4.69) is 15.4 Å². The van der Waals surface area contributed by atoms with Gasteiger partial charge in [0.1, 0.15) is 11.6 Å². The molecule has 2 aromatic heterocycles. The largest absolute Gasteiger partial charge is 0.435 e. The molecular formula is C15H11F3N4OS. The summed E-state index contributed by atoms with van der Waals surface area (Å²) in [5.41, 5.74) is 0.441. The van der Waals surface area contributed by atoms with Crippen LogP contribution in [0.25, 0.3) is 10.6 Å². The smallest absolute Gasteiger partial charge is 0.324 e. The van der Waals surface area contributed by atoms with Crippen molar-refractivity contribution in [2.75, 3.05) is 5.32 Å². The van der Waals surface area contributed by atoms with Gasteiger partial charge in [0, 0.05) is 29.0 Å². The van der Waals surface area contributed by atoms with Crippen molar-refractivity contribution in [3.05, 3.63) is 53.8 Å². The quantitative estimate of drug-likeness (QED) is 0.779. The zero-order chi connectivity index (χ0) is 17.2. The zero-order valence-corrected chi connectivity index (χ0v) is 12.9. The van der Waals surface area contributed by atoms with E-state index < -0.39 is 17.8 Å². The van der Waals surface area contributed by atoms with E-state index in [0.717, 1.165) is 27.5 Å². The van der Waals surface area contributed by atoms with E-state index in [1.54, 1.807) is 18.3 Å². The predicted molar refractivity (Wildman–Crippen MR) is 83.4 cm³/mol. The van der Waals surface area contributed by atoms with Gasteiger partial charge in [-0.1, -0.05) is 0 Å². The fourth-order valence-electron chi connectivity index (χ4n) is 2.01. The highest BCUT2D eigenvalue weighted by atomic mass is 32.1. The Labute approximate surface area is 138 Å². The number of hydrogen-bond donors (Lipinski definition) is 1. The van der Waals surface area contributed by atoms with Crippen molar-refractivity contribution in [3.8, 4) is 10.6 Å². The molecule has 1 N–H and O–H groups in total. The summed E-state index contributed by atoms with van der Waals surface area (Å²) in [4.78, 5) is 16.1. The number of thiazole rings is 1. The Kier molecular flexibility index (Phi) is 4.34. The van der Waals surface area contributed by atoms with Crippen LogP contribution in [0.1, 0.15) is 5.69 Å². The van der Waals surface area contributed by atoms with E-state index in [1.807, 2.05) is 17.5 Å². The van der Waals surface area contributed by atoms with Crippen molar-refractivity contribution >= 4 is 22.9 Å². The maximum atomic E-state index is 12.5. The van der Waals surface area contributed by atoms with Gasteiger partial charge in [0.05, 0.1) is 0 Å². The van der Waals surface area contributed by atoms with Crippen molar-refractivity contribution in [3.63, 3.8) is 0 Å². The summed E-state index contributed by atoms with van der Waals surface area (Å²) in [6.07, 6.45) is -1.70. The monoisotopic (exact) mass is 352 g/mol. The molecule has 124 valence electrons. The number of aromatic nitrogens is 3. The first kappa shape index (κ1) is 16.2. The van der Waals surface area contributed by atoms with Crippen LogP contribution in [-0.4, -0.2) is 20.7 Å². The van der Waals surface area contributed by atoms with Gasteiger partial charge in [-0.2, -0.15) is 18.3 Å². The minimum absolute atomic E-state index is 0.301. The summed E-state index contributed by atoms with van der Waals surface area (Å²) < 4.78 is 38.3. The molecule has 0 bridgehead atoms. The lowest BCUT2D eigenvalue weighted by Gasteiger charge is -2.06. The third-order valence-electron chi connectivity index (χ3n) is 3.08. The van der Waals surface area contributed by atoms with Crippen LogP contribution in [0.2, 0.25) is 0 Å². The lowest BCUT2D eigenvalue weighted by Crippen LogP contribution is -2.19. The predicted octanol–water partition coefficient (Wildman–Crippen LogP) is 3.66. The Morgan fingerprint density at radius 2 is 1.96 bits per heavy atom. The average Bonchev–Trinajstić information content (AvgIpc) is 3.18. The van der Waals surface area contributed by atoms with Crippen molar-refractivity contribution in [1.29, 1.82) is 0 Å². The lowest BCUT2D eigenvalue weighted by atomic mass is 10.2. The first-order valence-electron chi connectivity index (χ1n) is 6.82. The maximum absolute atomic E-state index is 12.5.